The lowest BCUT2D eigenvalue weighted by molar-refractivity contribution is 0.0678. The van der Waals surface area contributed by atoms with Gasteiger partial charge in [-0.25, -0.2) is 4.98 Å². The van der Waals surface area contributed by atoms with Gasteiger partial charge in [-0.05, 0) is 43.5 Å². The number of imidazole rings is 1. The molecule has 0 atom stereocenters. The number of hydrogen-bond acceptors (Lipinski definition) is 3. The highest BCUT2D eigenvalue weighted by Gasteiger charge is 2.41. The number of likely N-dealkylation sites (tertiary alicyclic amines) is 1. The number of carbonyl (C=O) groups excluding carboxylic acids is 1. The molecule has 1 aliphatic rings. The first kappa shape index (κ1) is 17.7. The molecule has 1 saturated heterocycles. The van der Waals surface area contributed by atoms with Crippen LogP contribution in [-0.2, 0) is 5.41 Å². The third-order valence-electron chi connectivity index (χ3n) is 6.01. The average Bonchev–Trinajstić information content (AvgIpc) is 3.40. The zero-order valence-electron chi connectivity index (χ0n) is 16.4. The number of nitrogens with one attached hydrogen (secondary N) is 1. The molecule has 1 aliphatic heterocycles. The van der Waals surface area contributed by atoms with Gasteiger partial charge in [-0.2, -0.15) is 5.10 Å². The second-order valence-electron chi connectivity index (χ2n) is 7.77. The number of aromatic nitrogens is 4. The van der Waals surface area contributed by atoms with E-state index < -0.39 is 0 Å². The van der Waals surface area contributed by atoms with Gasteiger partial charge in [-0.15, -0.1) is 0 Å². The number of H-pyrrole nitrogens is 1. The van der Waals surface area contributed by atoms with Gasteiger partial charge in [0.1, 0.15) is 11.3 Å². The van der Waals surface area contributed by atoms with Gasteiger partial charge >= 0.3 is 0 Å². The molecule has 5 rings (SSSR count). The van der Waals surface area contributed by atoms with Crippen LogP contribution in [0, 0.1) is 6.92 Å². The normalized spacial score (nSPS) is 16.2. The molecule has 0 bridgehead atoms. The number of piperidine rings is 1. The third kappa shape index (κ3) is 3.01. The molecule has 1 aromatic carbocycles. The highest BCUT2D eigenvalue weighted by atomic mass is 16.2. The quantitative estimate of drug-likeness (QED) is 0.586. The fraction of sp³-hybridized carbons (Fsp3) is 0.261. The van der Waals surface area contributed by atoms with E-state index in [9.17, 15) is 4.79 Å². The van der Waals surface area contributed by atoms with Gasteiger partial charge in [0.05, 0.1) is 5.69 Å². The van der Waals surface area contributed by atoms with Crippen LogP contribution in [0.3, 0.4) is 0 Å². The van der Waals surface area contributed by atoms with Crippen molar-refractivity contribution in [3.63, 3.8) is 0 Å². The Morgan fingerprint density at radius 3 is 2.52 bits per heavy atom. The summed E-state index contributed by atoms with van der Waals surface area (Å²) in [6.07, 6.45) is 5.83. The molecular formula is C23H23N5O. The van der Waals surface area contributed by atoms with Gasteiger partial charge in [-0.1, -0.05) is 36.4 Å². The Hall–Kier alpha value is -3.41. The summed E-state index contributed by atoms with van der Waals surface area (Å²) in [4.78, 5) is 19.7. The molecule has 6 nitrogen and oxygen atoms in total. The molecule has 0 saturated carbocycles. The maximum atomic E-state index is 12.9. The van der Waals surface area contributed by atoms with E-state index in [0.29, 0.717) is 18.8 Å². The molecule has 1 fully saturated rings. The third-order valence-corrected chi connectivity index (χ3v) is 6.01. The molecule has 0 radical (unpaired) electrons. The van der Waals surface area contributed by atoms with E-state index in [0.717, 1.165) is 29.9 Å². The Labute approximate surface area is 169 Å². The van der Waals surface area contributed by atoms with E-state index in [4.69, 9.17) is 4.98 Å². The van der Waals surface area contributed by atoms with Crippen LogP contribution in [0.15, 0.2) is 67.0 Å². The second kappa shape index (κ2) is 6.88. The molecule has 0 unspecified atom stereocenters. The van der Waals surface area contributed by atoms with Crippen molar-refractivity contribution in [1.29, 1.82) is 0 Å². The Balaban J connectivity index is 1.49. The van der Waals surface area contributed by atoms with Crippen molar-refractivity contribution >= 4 is 11.6 Å². The first-order valence-electron chi connectivity index (χ1n) is 9.97. The van der Waals surface area contributed by atoms with Gasteiger partial charge < -0.3 is 9.30 Å². The van der Waals surface area contributed by atoms with Crippen LogP contribution in [-0.4, -0.2) is 43.5 Å². The van der Waals surface area contributed by atoms with Crippen LogP contribution in [0.2, 0.25) is 0 Å². The molecule has 0 spiro atoms. The summed E-state index contributed by atoms with van der Waals surface area (Å²) >= 11 is 0. The Morgan fingerprint density at radius 1 is 1.07 bits per heavy atom. The summed E-state index contributed by atoms with van der Waals surface area (Å²) in [5, 5.41) is 7.00. The standard InChI is InChI=1S/C23H23N5O/c1-17-15-19(26-25-17)22(29)27-13-10-23(11-14-27,18-7-3-2-4-8-18)20-16-28-12-6-5-9-21(28)24-20/h2-9,12,15-16H,10-11,13-14H2,1H3,(H,25,26). The molecule has 4 aromatic rings. The monoisotopic (exact) mass is 385 g/mol. The Kier molecular flexibility index (Phi) is 4.19. The second-order valence-corrected chi connectivity index (χ2v) is 7.77. The zero-order valence-corrected chi connectivity index (χ0v) is 16.4. The lowest BCUT2D eigenvalue weighted by Crippen LogP contribution is -2.46. The number of carbonyl (C=O) groups is 1. The first-order chi connectivity index (χ1) is 14.2. The number of aryl methyl sites for hydroxylation is 1. The largest absolute Gasteiger partial charge is 0.337 e. The summed E-state index contributed by atoms with van der Waals surface area (Å²) in [7, 11) is 0. The number of benzene rings is 1. The molecule has 29 heavy (non-hydrogen) atoms. The highest BCUT2D eigenvalue weighted by molar-refractivity contribution is 5.92. The van der Waals surface area contributed by atoms with Crippen molar-refractivity contribution in [2.75, 3.05) is 13.1 Å². The van der Waals surface area contributed by atoms with Gasteiger partial charge in [0, 0.05) is 36.6 Å². The van der Waals surface area contributed by atoms with Crippen molar-refractivity contribution in [3.8, 4) is 0 Å². The maximum Gasteiger partial charge on any atom is 0.274 e. The number of nitrogens with zero attached hydrogens (tertiary/aromatic N) is 4. The number of amides is 1. The SMILES string of the molecule is Cc1cc(C(=O)N2CCC(c3ccccc3)(c3cn4ccccc4n3)CC2)n[nH]1. The van der Waals surface area contributed by atoms with Crippen LogP contribution in [0.4, 0.5) is 0 Å². The van der Waals surface area contributed by atoms with Gasteiger partial charge in [0.2, 0.25) is 0 Å². The molecular weight excluding hydrogens is 362 g/mol. The van der Waals surface area contributed by atoms with Gasteiger partial charge in [0.15, 0.2) is 0 Å². The molecule has 0 aliphatic carbocycles. The van der Waals surface area contributed by atoms with E-state index in [1.165, 1.54) is 5.56 Å². The van der Waals surface area contributed by atoms with Crippen molar-refractivity contribution in [1.82, 2.24) is 24.5 Å². The van der Waals surface area contributed by atoms with Crippen LogP contribution in [0.1, 0.15) is 40.3 Å². The van der Waals surface area contributed by atoms with Crippen LogP contribution >= 0.6 is 0 Å². The minimum atomic E-state index is -0.203. The number of rotatable bonds is 3. The molecule has 6 heteroatoms. The van der Waals surface area contributed by atoms with Crippen LogP contribution in [0.5, 0.6) is 0 Å². The summed E-state index contributed by atoms with van der Waals surface area (Å²) in [6, 6.07) is 18.4. The smallest absolute Gasteiger partial charge is 0.274 e. The summed E-state index contributed by atoms with van der Waals surface area (Å²) in [5.74, 6) is -0.00832. The number of aromatic amines is 1. The number of fused-ring (bicyclic) bond motifs is 1. The summed E-state index contributed by atoms with van der Waals surface area (Å²) in [6.45, 7) is 3.25. The van der Waals surface area contributed by atoms with E-state index >= 15 is 0 Å². The van der Waals surface area contributed by atoms with E-state index in [2.05, 4.69) is 45.1 Å². The predicted molar refractivity (Wildman–Crippen MR) is 111 cm³/mol. The summed E-state index contributed by atoms with van der Waals surface area (Å²) < 4.78 is 2.07. The van der Waals surface area contributed by atoms with Crippen molar-refractivity contribution in [2.45, 2.75) is 25.2 Å². The van der Waals surface area contributed by atoms with Crippen LogP contribution in [0.25, 0.3) is 5.65 Å². The van der Waals surface area contributed by atoms with Crippen molar-refractivity contribution < 1.29 is 4.79 Å². The van der Waals surface area contributed by atoms with Crippen molar-refractivity contribution in [2.24, 2.45) is 0 Å². The van der Waals surface area contributed by atoms with Gasteiger partial charge in [0.25, 0.3) is 5.91 Å². The lowest BCUT2D eigenvalue weighted by atomic mass is 9.70. The molecule has 3 aromatic heterocycles. The fourth-order valence-electron chi connectivity index (χ4n) is 4.40. The number of pyridine rings is 1. The lowest BCUT2D eigenvalue weighted by Gasteiger charge is -2.41. The molecule has 4 heterocycles. The Morgan fingerprint density at radius 2 is 1.83 bits per heavy atom. The summed E-state index contributed by atoms with van der Waals surface area (Å²) in [5.41, 5.74) is 4.45. The minimum Gasteiger partial charge on any atom is -0.337 e. The first-order valence-corrected chi connectivity index (χ1v) is 9.97. The maximum absolute atomic E-state index is 12.9. The fourth-order valence-corrected chi connectivity index (χ4v) is 4.40. The van der Waals surface area contributed by atoms with E-state index in [-0.39, 0.29) is 11.3 Å². The minimum absolute atomic E-state index is 0.00832. The number of hydrogen-bond donors (Lipinski definition) is 1. The highest BCUT2D eigenvalue weighted by Crippen LogP contribution is 2.41. The topological polar surface area (TPSA) is 66.3 Å². The zero-order chi connectivity index (χ0) is 19.8. The molecule has 1 amide bonds. The predicted octanol–water partition coefficient (Wildman–Crippen LogP) is 3.59. The molecule has 146 valence electrons. The van der Waals surface area contributed by atoms with Crippen molar-refractivity contribution in [3.05, 3.63) is 89.6 Å². The average molecular weight is 385 g/mol. The van der Waals surface area contributed by atoms with E-state index in [1.54, 1.807) is 0 Å². The molecule has 1 N–H and O–H groups in total. The van der Waals surface area contributed by atoms with Crippen LogP contribution < -0.4 is 0 Å². The Bertz CT molecular complexity index is 1120. The van der Waals surface area contributed by atoms with E-state index in [1.807, 2.05) is 48.4 Å². The van der Waals surface area contributed by atoms with Gasteiger partial charge in [-0.3, -0.25) is 9.89 Å².